The fraction of sp³-hybridized carbons (Fsp3) is 0.933. The Morgan fingerprint density at radius 2 is 1.89 bits per heavy atom. The Hall–Kier alpha value is -0.610. The van der Waals surface area contributed by atoms with E-state index in [0.717, 1.165) is 19.4 Å². The molecule has 1 saturated heterocycles. The van der Waals surface area contributed by atoms with Crippen molar-refractivity contribution in [1.82, 2.24) is 5.32 Å². The van der Waals surface area contributed by atoms with Gasteiger partial charge in [0, 0.05) is 12.6 Å². The Balaban J connectivity index is 1.84. The molecule has 6 unspecified atom stereocenters. The second-order valence-corrected chi connectivity index (χ2v) is 6.38. The Bertz CT molecular complexity index is 321. The van der Waals surface area contributed by atoms with Gasteiger partial charge < -0.3 is 15.8 Å². The van der Waals surface area contributed by atoms with Gasteiger partial charge in [0.2, 0.25) is 5.91 Å². The van der Waals surface area contributed by atoms with Crippen LogP contribution in [-0.4, -0.2) is 30.7 Å². The third-order valence-corrected chi connectivity index (χ3v) is 5.05. The highest BCUT2D eigenvalue weighted by Gasteiger charge is 2.41. The maximum atomic E-state index is 12.3. The fourth-order valence-electron chi connectivity index (χ4n) is 3.56. The van der Waals surface area contributed by atoms with E-state index in [2.05, 4.69) is 12.2 Å². The largest absolute Gasteiger partial charge is 0.374 e. The van der Waals surface area contributed by atoms with Gasteiger partial charge in [0.25, 0.3) is 0 Å². The highest BCUT2D eigenvalue weighted by atomic mass is 16.5. The van der Waals surface area contributed by atoms with E-state index in [1.807, 2.05) is 13.8 Å². The molecule has 1 saturated carbocycles. The van der Waals surface area contributed by atoms with Crippen LogP contribution in [0.3, 0.4) is 0 Å². The monoisotopic (exact) mass is 268 g/mol. The lowest BCUT2D eigenvalue weighted by atomic mass is 9.84. The van der Waals surface area contributed by atoms with Crippen molar-refractivity contribution in [2.45, 2.75) is 64.7 Å². The van der Waals surface area contributed by atoms with Crippen LogP contribution in [0.25, 0.3) is 0 Å². The molecule has 0 aromatic heterocycles. The SMILES string of the molecule is CC1OC(C)C(C(=O)NCC2CCCCC2N)C1C. The molecule has 110 valence electrons. The standard InChI is InChI=1S/C15H28N2O2/c1-9-10(2)19-11(3)14(9)15(18)17-8-12-6-4-5-7-13(12)16/h9-14H,4-8,16H2,1-3H3,(H,17,18). The first kappa shape index (κ1) is 14.8. The zero-order chi connectivity index (χ0) is 14.0. The molecule has 3 N–H and O–H groups in total. The van der Waals surface area contributed by atoms with Crippen LogP contribution in [-0.2, 0) is 9.53 Å². The van der Waals surface area contributed by atoms with Gasteiger partial charge in [-0.1, -0.05) is 19.8 Å². The van der Waals surface area contributed by atoms with Crippen molar-refractivity contribution in [1.29, 1.82) is 0 Å². The number of hydrogen-bond donors (Lipinski definition) is 2. The summed E-state index contributed by atoms with van der Waals surface area (Å²) in [5.41, 5.74) is 6.12. The number of carbonyl (C=O) groups excluding carboxylic acids is 1. The third-order valence-electron chi connectivity index (χ3n) is 5.05. The first-order valence-electron chi connectivity index (χ1n) is 7.69. The van der Waals surface area contributed by atoms with E-state index in [1.165, 1.54) is 12.8 Å². The summed E-state index contributed by atoms with van der Waals surface area (Å²) in [6.45, 7) is 6.87. The molecular formula is C15H28N2O2. The summed E-state index contributed by atoms with van der Waals surface area (Å²) in [5, 5.41) is 3.11. The third kappa shape index (κ3) is 3.29. The summed E-state index contributed by atoms with van der Waals surface area (Å²) in [6, 6.07) is 0.252. The normalized spacial score (nSPS) is 43.2. The van der Waals surface area contributed by atoms with E-state index in [0.29, 0.717) is 5.92 Å². The molecule has 0 aromatic rings. The molecule has 1 amide bonds. The second kappa shape index (κ2) is 6.23. The lowest BCUT2D eigenvalue weighted by Crippen LogP contribution is -2.44. The lowest BCUT2D eigenvalue weighted by molar-refractivity contribution is -0.127. The van der Waals surface area contributed by atoms with Crippen LogP contribution in [0.15, 0.2) is 0 Å². The first-order valence-corrected chi connectivity index (χ1v) is 7.69. The van der Waals surface area contributed by atoms with Gasteiger partial charge in [-0.15, -0.1) is 0 Å². The van der Waals surface area contributed by atoms with Crippen LogP contribution in [0.1, 0.15) is 46.5 Å². The molecule has 2 aliphatic rings. The minimum Gasteiger partial charge on any atom is -0.374 e. The van der Waals surface area contributed by atoms with Crippen molar-refractivity contribution < 1.29 is 9.53 Å². The molecule has 4 nitrogen and oxygen atoms in total. The molecule has 2 rings (SSSR count). The minimum absolute atomic E-state index is 0.0185. The number of hydrogen-bond acceptors (Lipinski definition) is 3. The summed E-state index contributed by atoms with van der Waals surface area (Å²) < 4.78 is 5.73. The van der Waals surface area contributed by atoms with E-state index in [4.69, 9.17) is 10.5 Å². The Kier molecular flexibility index (Phi) is 4.85. The van der Waals surface area contributed by atoms with Crippen LogP contribution in [0.5, 0.6) is 0 Å². The Morgan fingerprint density at radius 1 is 1.21 bits per heavy atom. The Labute approximate surface area is 116 Å². The average molecular weight is 268 g/mol. The number of carbonyl (C=O) groups is 1. The van der Waals surface area contributed by atoms with Crippen molar-refractivity contribution in [2.75, 3.05) is 6.54 Å². The molecule has 0 aromatic carbocycles. The van der Waals surface area contributed by atoms with Gasteiger partial charge in [0.05, 0.1) is 18.1 Å². The smallest absolute Gasteiger partial charge is 0.226 e. The van der Waals surface area contributed by atoms with E-state index in [9.17, 15) is 4.79 Å². The van der Waals surface area contributed by atoms with Gasteiger partial charge in [-0.3, -0.25) is 4.79 Å². The number of nitrogens with one attached hydrogen (secondary N) is 1. The van der Waals surface area contributed by atoms with Crippen molar-refractivity contribution >= 4 is 5.91 Å². The summed E-state index contributed by atoms with van der Waals surface area (Å²) in [7, 11) is 0. The van der Waals surface area contributed by atoms with Crippen molar-refractivity contribution in [3.05, 3.63) is 0 Å². The molecule has 0 spiro atoms. The van der Waals surface area contributed by atoms with Crippen molar-refractivity contribution in [3.8, 4) is 0 Å². The Morgan fingerprint density at radius 3 is 2.47 bits per heavy atom. The molecule has 1 heterocycles. The molecule has 0 radical (unpaired) electrons. The first-order chi connectivity index (χ1) is 9.00. The van der Waals surface area contributed by atoms with E-state index >= 15 is 0 Å². The van der Waals surface area contributed by atoms with Gasteiger partial charge in [0.15, 0.2) is 0 Å². The summed E-state index contributed by atoms with van der Waals surface area (Å²) in [6.07, 6.45) is 4.90. The highest BCUT2D eigenvalue weighted by Crippen LogP contribution is 2.32. The van der Waals surface area contributed by atoms with Crippen LogP contribution in [0, 0.1) is 17.8 Å². The second-order valence-electron chi connectivity index (χ2n) is 6.38. The molecular weight excluding hydrogens is 240 g/mol. The van der Waals surface area contributed by atoms with Crippen LogP contribution < -0.4 is 11.1 Å². The summed E-state index contributed by atoms with van der Waals surface area (Å²) in [5.74, 6) is 0.857. The molecule has 19 heavy (non-hydrogen) atoms. The van der Waals surface area contributed by atoms with E-state index < -0.39 is 0 Å². The highest BCUT2D eigenvalue weighted by molar-refractivity contribution is 5.79. The minimum atomic E-state index is -0.0187. The fourth-order valence-corrected chi connectivity index (χ4v) is 3.56. The predicted molar refractivity (Wildman–Crippen MR) is 75.6 cm³/mol. The maximum absolute atomic E-state index is 12.3. The van der Waals surface area contributed by atoms with Gasteiger partial charge in [-0.25, -0.2) is 0 Å². The number of amides is 1. The summed E-state index contributed by atoms with van der Waals surface area (Å²) in [4.78, 5) is 12.3. The average Bonchev–Trinajstić information content (AvgIpc) is 2.62. The summed E-state index contributed by atoms with van der Waals surface area (Å²) >= 11 is 0. The quantitative estimate of drug-likeness (QED) is 0.818. The number of nitrogens with two attached hydrogens (primary N) is 1. The maximum Gasteiger partial charge on any atom is 0.226 e. The van der Waals surface area contributed by atoms with Gasteiger partial charge in [-0.05, 0) is 38.5 Å². The van der Waals surface area contributed by atoms with Gasteiger partial charge in [-0.2, -0.15) is 0 Å². The topological polar surface area (TPSA) is 64.3 Å². The van der Waals surface area contributed by atoms with E-state index in [1.54, 1.807) is 0 Å². The number of rotatable bonds is 3. The van der Waals surface area contributed by atoms with Gasteiger partial charge >= 0.3 is 0 Å². The van der Waals surface area contributed by atoms with Gasteiger partial charge in [0.1, 0.15) is 0 Å². The molecule has 1 aliphatic carbocycles. The molecule has 1 aliphatic heterocycles. The molecule has 0 bridgehead atoms. The predicted octanol–water partition coefficient (Wildman–Crippen LogP) is 1.68. The molecule has 2 fully saturated rings. The lowest BCUT2D eigenvalue weighted by Gasteiger charge is -2.29. The van der Waals surface area contributed by atoms with Crippen LogP contribution >= 0.6 is 0 Å². The van der Waals surface area contributed by atoms with E-state index in [-0.39, 0.29) is 36.0 Å². The number of ether oxygens (including phenoxy) is 1. The van der Waals surface area contributed by atoms with Crippen LogP contribution in [0.2, 0.25) is 0 Å². The zero-order valence-corrected chi connectivity index (χ0v) is 12.4. The van der Waals surface area contributed by atoms with Crippen molar-refractivity contribution in [3.63, 3.8) is 0 Å². The molecule has 6 atom stereocenters. The van der Waals surface area contributed by atoms with Crippen LogP contribution in [0.4, 0.5) is 0 Å². The zero-order valence-electron chi connectivity index (χ0n) is 12.4. The molecule has 4 heteroatoms. The van der Waals surface area contributed by atoms with Crippen molar-refractivity contribution in [2.24, 2.45) is 23.5 Å².